The molecule has 5 nitrogen and oxygen atoms in total. The lowest BCUT2D eigenvalue weighted by molar-refractivity contribution is 0.0999. The Bertz CT molecular complexity index is 1070. The fourth-order valence-corrected chi connectivity index (χ4v) is 4.90. The molecule has 0 saturated carbocycles. The first-order valence-corrected chi connectivity index (χ1v) is 11.6. The van der Waals surface area contributed by atoms with Gasteiger partial charge in [0, 0.05) is 55.5 Å². The van der Waals surface area contributed by atoms with Crippen LogP contribution in [0.2, 0.25) is 5.02 Å². The Morgan fingerprint density at radius 3 is 2.59 bits per heavy atom. The van der Waals surface area contributed by atoms with Crippen molar-refractivity contribution >= 4 is 28.9 Å². The van der Waals surface area contributed by atoms with Crippen LogP contribution in [0.1, 0.15) is 22.3 Å². The second-order valence-corrected chi connectivity index (χ2v) is 8.99. The van der Waals surface area contributed by atoms with Crippen LogP contribution in [0.25, 0.3) is 0 Å². The van der Waals surface area contributed by atoms with Crippen LogP contribution in [0.15, 0.2) is 72.9 Å². The van der Waals surface area contributed by atoms with E-state index in [1.807, 2.05) is 12.3 Å². The van der Waals surface area contributed by atoms with Gasteiger partial charge in [0.15, 0.2) is 11.6 Å². The number of carbonyl (C=O) groups excluding carboxylic acids is 1. The van der Waals surface area contributed by atoms with Gasteiger partial charge in [-0.3, -0.25) is 9.69 Å². The van der Waals surface area contributed by atoms with E-state index >= 15 is 0 Å². The summed E-state index contributed by atoms with van der Waals surface area (Å²) in [4.78, 5) is 24.9. The number of ketones is 1. The number of benzene rings is 2. The third-order valence-electron chi connectivity index (χ3n) is 6.43. The van der Waals surface area contributed by atoms with Gasteiger partial charge in [-0.2, -0.15) is 0 Å². The molecular weight excluding hydrogens is 420 g/mol. The molecule has 6 heteroatoms. The van der Waals surface area contributed by atoms with Crippen LogP contribution in [0, 0.1) is 0 Å². The van der Waals surface area contributed by atoms with E-state index in [4.69, 9.17) is 16.6 Å². The van der Waals surface area contributed by atoms with Crippen molar-refractivity contribution in [2.24, 2.45) is 0 Å². The maximum atomic E-state index is 13.0. The summed E-state index contributed by atoms with van der Waals surface area (Å²) in [5.74, 6) is 1.10. The molecule has 164 valence electrons. The average molecular weight is 447 g/mol. The van der Waals surface area contributed by atoms with E-state index in [1.54, 1.807) is 24.3 Å². The quantitative estimate of drug-likeness (QED) is 0.539. The fraction of sp³-hybridized carbons (Fsp3) is 0.308. The highest BCUT2D eigenvalue weighted by molar-refractivity contribution is 6.30. The van der Waals surface area contributed by atoms with Crippen molar-refractivity contribution in [3.63, 3.8) is 0 Å². The van der Waals surface area contributed by atoms with Crippen LogP contribution in [0.4, 0.5) is 11.5 Å². The third kappa shape index (κ3) is 4.50. The summed E-state index contributed by atoms with van der Waals surface area (Å²) in [7, 11) is 0. The molecule has 3 heterocycles. The minimum absolute atomic E-state index is 0.0991. The predicted molar refractivity (Wildman–Crippen MR) is 130 cm³/mol. The number of carbonyl (C=O) groups is 1. The van der Waals surface area contributed by atoms with Crippen molar-refractivity contribution in [2.75, 3.05) is 42.5 Å². The number of fused-ring (bicyclic) bond motifs is 3. The maximum Gasteiger partial charge on any atom is 0.182 e. The number of hydrogen-bond donors (Lipinski definition) is 0. The molecule has 1 aromatic heterocycles. The van der Waals surface area contributed by atoms with E-state index in [1.165, 1.54) is 5.56 Å². The van der Waals surface area contributed by atoms with Crippen LogP contribution >= 0.6 is 11.6 Å². The lowest BCUT2D eigenvalue weighted by Gasteiger charge is -2.41. The minimum atomic E-state index is 0.0991. The van der Waals surface area contributed by atoms with Gasteiger partial charge in [-0.05, 0) is 48.4 Å². The first-order chi connectivity index (χ1) is 15.7. The number of hydrogen-bond acceptors (Lipinski definition) is 5. The zero-order valence-corrected chi connectivity index (χ0v) is 18.8. The monoisotopic (exact) mass is 446 g/mol. The molecule has 1 unspecified atom stereocenters. The number of piperazine rings is 1. The number of pyridine rings is 1. The van der Waals surface area contributed by atoms with Crippen LogP contribution in [0.3, 0.4) is 0 Å². The van der Waals surface area contributed by atoms with E-state index in [0.29, 0.717) is 23.2 Å². The van der Waals surface area contributed by atoms with Crippen molar-refractivity contribution in [1.29, 1.82) is 0 Å². The molecule has 0 radical (unpaired) electrons. The Morgan fingerprint density at radius 1 is 0.969 bits per heavy atom. The molecule has 5 rings (SSSR count). The van der Waals surface area contributed by atoms with Crippen molar-refractivity contribution < 1.29 is 4.79 Å². The van der Waals surface area contributed by atoms with Gasteiger partial charge in [-0.25, -0.2) is 4.98 Å². The number of rotatable bonds is 5. The molecule has 32 heavy (non-hydrogen) atoms. The summed E-state index contributed by atoms with van der Waals surface area (Å²) in [6.07, 6.45) is 2.85. The van der Waals surface area contributed by atoms with Crippen molar-refractivity contribution in [3.8, 4) is 0 Å². The molecule has 1 fully saturated rings. The number of halogens is 1. The first kappa shape index (κ1) is 21.0. The van der Waals surface area contributed by atoms with Crippen LogP contribution in [-0.2, 0) is 6.54 Å². The lowest BCUT2D eigenvalue weighted by atomic mass is 10.1. The van der Waals surface area contributed by atoms with E-state index in [-0.39, 0.29) is 5.78 Å². The molecule has 0 aliphatic carbocycles. The van der Waals surface area contributed by atoms with Crippen molar-refractivity contribution in [1.82, 2.24) is 9.88 Å². The van der Waals surface area contributed by atoms with Crippen molar-refractivity contribution in [3.05, 3.63) is 89.1 Å². The molecular formula is C26H27ClN4O. The van der Waals surface area contributed by atoms with E-state index in [9.17, 15) is 4.79 Å². The minimum Gasteiger partial charge on any atom is -0.361 e. The standard InChI is InChI=1S/C26H27ClN4O/c27-22-10-8-21(9-11-22)25(32)19-30-14-12-23-18-29(17-20-5-2-1-3-6-20)15-16-31(23)26-24(30)7-4-13-28-26/h1-11,13,23H,12,14-19H2. The maximum absolute atomic E-state index is 13.0. The van der Waals surface area contributed by atoms with Gasteiger partial charge in [-0.15, -0.1) is 0 Å². The lowest BCUT2D eigenvalue weighted by Crippen LogP contribution is -2.53. The van der Waals surface area contributed by atoms with Crippen LogP contribution in [0.5, 0.6) is 0 Å². The summed E-state index contributed by atoms with van der Waals surface area (Å²) < 4.78 is 0. The first-order valence-electron chi connectivity index (χ1n) is 11.2. The Labute approximate surface area is 194 Å². The third-order valence-corrected chi connectivity index (χ3v) is 6.68. The second kappa shape index (κ2) is 9.31. The molecule has 2 aliphatic rings. The van der Waals surface area contributed by atoms with Gasteiger partial charge in [0.1, 0.15) is 0 Å². The second-order valence-electron chi connectivity index (χ2n) is 8.55. The zero-order chi connectivity index (χ0) is 21.9. The summed E-state index contributed by atoms with van der Waals surface area (Å²) in [5, 5.41) is 0.641. The predicted octanol–water partition coefficient (Wildman–Crippen LogP) is 4.52. The van der Waals surface area contributed by atoms with Gasteiger partial charge in [0.05, 0.1) is 12.2 Å². The Kier molecular flexibility index (Phi) is 6.10. The fourth-order valence-electron chi connectivity index (χ4n) is 4.78. The number of anilines is 2. The topological polar surface area (TPSA) is 39.7 Å². The number of nitrogens with zero attached hydrogens (tertiary/aromatic N) is 4. The normalized spacial score (nSPS) is 18.6. The van der Waals surface area contributed by atoms with Gasteiger partial charge in [0.2, 0.25) is 0 Å². The van der Waals surface area contributed by atoms with Gasteiger partial charge in [-0.1, -0.05) is 41.9 Å². The summed E-state index contributed by atoms with van der Waals surface area (Å²) in [6, 6.07) is 22.3. The van der Waals surface area contributed by atoms with Crippen LogP contribution in [-0.4, -0.2) is 54.4 Å². The molecule has 1 atom stereocenters. The molecule has 3 aromatic rings. The molecule has 0 N–H and O–H groups in total. The summed E-state index contributed by atoms with van der Waals surface area (Å²) in [5.41, 5.74) is 3.09. The largest absolute Gasteiger partial charge is 0.361 e. The van der Waals surface area contributed by atoms with E-state index in [0.717, 1.165) is 50.6 Å². The SMILES string of the molecule is O=C(CN1CCC2CN(Cc3ccccc3)CCN2c2ncccc21)c1ccc(Cl)cc1. The molecule has 0 bridgehead atoms. The molecule has 1 saturated heterocycles. The van der Waals surface area contributed by atoms with Crippen LogP contribution < -0.4 is 9.80 Å². The number of aromatic nitrogens is 1. The van der Waals surface area contributed by atoms with Gasteiger partial charge in [0.25, 0.3) is 0 Å². The van der Waals surface area contributed by atoms with Crippen molar-refractivity contribution in [2.45, 2.75) is 19.0 Å². The Balaban J connectivity index is 1.34. The van der Waals surface area contributed by atoms with E-state index < -0.39 is 0 Å². The van der Waals surface area contributed by atoms with E-state index in [2.05, 4.69) is 51.1 Å². The molecule has 2 aromatic carbocycles. The highest BCUT2D eigenvalue weighted by Gasteiger charge is 2.33. The van der Waals surface area contributed by atoms with Gasteiger partial charge < -0.3 is 9.80 Å². The molecule has 0 amide bonds. The Hall–Kier alpha value is -2.89. The highest BCUT2D eigenvalue weighted by atomic mass is 35.5. The average Bonchev–Trinajstić information content (AvgIpc) is 2.97. The molecule has 0 spiro atoms. The number of Topliss-reactive ketones (excluding diaryl/α,β-unsaturated/α-hetero) is 1. The Morgan fingerprint density at radius 2 is 1.78 bits per heavy atom. The van der Waals surface area contributed by atoms with Gasteiger partial charge >= 0.3 is 0 Å². The highest BCUT2D eigenvalue weighted by Crippen LogP contribution is 2.34. The smallest absolute Gasteiger partial charge is 0.182 e. The summed E-state index contributed by atoms with van der Waals surface area (Å²) >= 11 is 5.99. The zero-order valence-electron chi connectivity index (χ0n) is 18.0. The molecule has 2 aliphatic heterocycles. The summed E-state index contributed by atoms with van der Waals surface area (Å²) in [6.45, 7) is 5.10.